The highest BCUT2D eigenvalue weighted by molar-refractivity contribution is 6.39. The first-order valence-corrected chi connectivity index (χ1v) is 10.9. The highest BCUT2D eigenvalue weighted by Crippen LogP contribution is 2.35. The summed E-state index contributed by atoms with van der Waals surface area (Å²) < 4.78 is 1.86. The standard InChI is InChI=1S/C22H20Cl2N4O4/c23-16-9-25-10-17(24)19(16)27-22(32)15-11-28(21-14(20(15)31)2-1-7-26-21)13-5-3-12(4-6-13)8-18(29)30/h1-2,7,9-13H,3-6,8H2,(H,29,30)(H,25,27,32). The number of carboxylic acid groups (broad SMARTS) is 1. The van der Waals surface area contributed by atoms with Crippen molar-refractivity contribution in [3.63, 3.8) is 0 Å². The van der Waals surface area contributed by atoms with Gasteiger partial charge in [-0.2, -0.15) is 0 Å². The van der Waals surface area contributed by atoms with Gasteiger partial charge in [0.25, 0.3) is 5.91 Å². The fraction of sp³-hybridized carbons (Fsp3) is 0.318. The zero-order chi connectivity index (χ0) is 22.8. The Labute approximate surface area is 193 Å². The van der Waals surface area contributed by atoms with E-state index in [0.29, 0.717) is 11.0 Å². The summed E-state index contributed by atoms with van der Waals surface area (Å²) in [5.41, 5.74) is 0.181. The lowest BCUT2D eigenvalue weighted by Crippen LogP contribution is -2.27. The van der Waals surface area contributed by atoms with Crippen LogP contribution in [-0.4, -0.2) is 31.5 Å². The monoisotopic (exact) mass is 474 g/mol. The molecule has 32 heavy (non-hydrogen) atoms. The zero-order valence-corrected chi connectivity index (χ0v) is 18.4. The van der Waals surface area contributed by atoms with Crippen LogP contribution < -0.4 is 10.7 Å². The predicted molar refractivity (Wildman–Crippen MR) is 121 cm³/mol. The molecule has 1 fully saturated rings. The Hall–Kier alpha value is -2.97. The number of rotatable bonds is 5. The number of halogens is 2. The Bertz CT molecular complexity index is 1230. The summed E-state index contributed by atoms with van der Waals surface area (Å²) in [7, 11) is 0. The number of fused-ring (bicyclic) bond motifs is 1. The van der Waals surface area contributed by atoms with Crippen molar-refractivity contribution in [1.82, 2.24) is 14.5 Å². The summed E-state index contributed by atoms with van der Waals surface area (Å²) in [6.07, 6.45) is 8.94. The van der Waals surface area contributed by atoms with Crippen LogP contribution in [-0.2, 0) is 4.79 Å². The van der Waals surface area contributed by atoms with Gasteiger partial charge in [0.15, 0.2) is 0 Å². The van der Waals surface area contributed by atoms with Gasteiger partial charge in [-0.05, 0) is 43.7 Å². The minimum absolute atomic E-state index is 0.00213. The van der Waals surface area contributed by atoms with Gasteiger partial charge in [-0.15, -0.1) is 0 Å². The molecule has 10 heteroatoms. The van der Waals surface area contributed by atoms with Crippen LogP contribution >= 0.6 is 23.2 Å². The molecular formula is C22H20Cl2N4O4. The summed E-state index contributed by atoms with van der Waals surface area (Å²) in [5, 5.41) is 12.3. The smallest absolute Gasteiger partial charge is 0.303 e. The van der Waals surface area contributed by atoms with Gasteiger partial charge in [0.1, 0.15) is 11.2 Å². The molecule has 1 amide bonds. The number of hydrogen-bond donors (Lipinski definition) is 2. The van der Waals surface area contributed by atoms with E-state index in [4.69, 9.17) is 28.3 Å². The van der Waals surface area contributed by atoms with E-state index in [0.717, 1.165) is 25.7 Å². The van der Waals surface area contributed by atoms with Crippen LogP contribution in [0.3, 0.4) is 0 Å². The fourth-order valence-corrected chi connectivity index (χ4v) is 4.67. The van der Waals surface area contributed by atoms with Crippen LogP contribution in [0.2, 0.25) is 10.0 Å². The molecule has 4 rings (SSSR count). The third-order valence-corrected chi connectivity index (χ3v) is 6.37. The number of carbonyl (C=O) groups is 2. The van der Waals surface area contributed by atoms with Crippen LogP contribution in [0.1, 0.15) is 48.5 Å². The van der Waals surface area contributed by atoms with Gasteiger partial charge < -0.3 is 15.0 Å². The number of aromatic nitrogens is 3. The molecule has 2 N–H and O–H groups in total. The Balaban J connectivity index is 1.70. The predicted octanol–water partition coefficient (Wildman–Crippen LogP) is 4.56. The van der Waals surface area contributed by atoms with Crippen molar-refractivity contribution in [3.8, 4) is 0 Å². The van der Waals surface area contributed by atoms with Gasteiger partial charge in [0, 0.05) is 37.3 Å². The van der Waals surface area contributed by atoms with E-state index >= 15 is 0 Å². The molecule has 0 bridgehead atoms. The minimum atomic E-state index is -0.795. The normalized spacial score (nSPS) is 18.4. The first-order chi connectivity index (χ1) is 15.3. The molecule has 0 radical (unpaired) electrons. The summed E-state index contributed by atoms with van der Waals surface area (Å²) >= 11 is 12.2. The van der Waals surface area contributed by atoms with Gasteiger partial charge in [-0.3, -0.25) is 19.4 Å². The molecule has 8 nitrogen and oxygen atoms in total. The number of nitrogens with zero attached hydrogens (tertiary/aromatic N) is 3. The van der Waals surface area contributed by atoms with E-state index in [1.807, 2.05) is 4.57 Å². The number of amides is 1. The van der Waals surface area contributed by atoms with Crippen molar-refractivity contribution >= 4 is 51.8 Å². The Morgan fingerprint density at radius 1 is 1.16 bits per heavy atom. The molecule has 1 aliphatic rings. The molecule has 3 aromatic heterocycles. The molecule has 0 atom stereocenters. The summed E-state index contributed by atoms with van der Waals surface area (Å²) in [6, 6.07) is 3.29. The largest absolute Gasteiger partial charge is 0.481 e. The van der Waals surface area contributed by atoms with E-state index in [9.17, 15) is 14.4 Å². The summed E-state index contributed by atoms with van der Waals surface area (Å²) in [5.74, 6) is -1.30. The number of hydrogen-bond acceptors (Lipinski definition) is 5. The number of carbonyl (C=O) groups excluding carboxylic acids is 1. The molecule has 1 saturated carbocycles. The minimum Gasteiger partial charge on any atom is -0.481 e. The van der Waals surface area contributed by atoms with Gasteiger partial charge in [-0.25, -0.2) is 4.98 Å². The van der Waals surface area contributed by atoms with Crippen LogP contribution in [0.25, 0.3) is 11.0 Å². The maximum absolute atomic E-state index is 13.1. The Morgan fingerprint density at radius 2 is 1.84 bits per heavy atom. The second-order valence-corrected chi connectivity index (χ2v) is 8.67. The summed E-state index contributed by atoms with van der Waals surface area (Å²) in [6.45, 7) is 0. The van der Waals surface area contributed by atoms with Crippen LogP contribution in [0.15, 0.2) is 41.7 Å². The molecule has 0 aromatic carbocycles. The van der Waals surface area contributed by atoms with Crippen LogP contribution in [0.5, 0.6) is 0 Å². The number of nitrogens with one attached hydrogen (secondary N) is 1. The molecule has 0 unspecified atom stereocenters. The lowest BCUT2D eigenvalue weighted by atomic mass is 9.84. The SMILES string of the molecule is O=C(O)CC1CCC(n2cc(C(=O)Nc3c(Cl)cncc3Cl)c(=O)c3cccnc32)CC1. The molecule has 0 aliphatic heterocycles. The van der Waals surface area contributed by atoms with Crippen molar-refractivity contribution in [1.29, 1.82) is 0 Å². The van der Waals surface area contributed by atoms with Crippen molar-refractivity contribution < 1.29 is 14.7 Å². The molecule has 0 spiro atoms. The number of pyridine rings is 3. The fourth-order valence-electron chi connectivity index (χ4n) is 4.21. The first kappa shape index (κ1) is 22.2. The van der Waals surface area contributed by atoms with Crippen molar-refractivity contribution in [2.75, 3.05) is 5.32 Å². The van der Waals surface area contributed by atoms with E-state index in [1.165, 1.54) is 18.6 Å². The molecular weight excluding hydrogens is 455 g/mol. The number of aliphatic carboxylic acids is 1. The van der Waals surface area contributed by atoms with Crippen molar-refractivity contribution in [2.24, 2.45) is 5.92 Å². The summed E-state index contributed by atoms with van der Waals surface area (Å²) in [4.78, 5) is 45.4. The molecule has 3 aromatic rings. The second-order valence-electron chi connectivity index (χ2n) is 7.86. The van der Waals surface area contributed by atoms with E-state index in [1.54, 1.807) is 18.3 Å². The van der Waals surface area contributed by atoms with Gasteiger partial charge >= 0.3 is 5.97 Å². The van der Waals surface area contributed by atoms with E-state index in [-0.39, 0.29) is 39.7 Å². The molecule has 1 aliphatic carbocycles. The van der Waals surface area contributed by atoms with Crippen molar-refractivity contribution in [3.05, 3.63) is 62.8 Å². The topological polar surface area (TPSA) is 114 Å². The third-order valence-electron chi connectivity index (χ3n) is 5.80. The maximum atomic E-state index is 13.1. The van der Waals surface area contributed by atoms with Crippen molar-refractivity contribution in [2.45, 2.75) is 38.1 Å². The lowest BCUT2D eigenvalue weighted by molar-refractivity contribution is -0.138. The number of anilines is 1. The highest BCUT2D eigenvalue weighted by atomic mass is 35.5. The first-order valence-electron chi connectivity index (χ1n) is 10.2. The Kier molecular flexibility index (Phi) is 6.43. The number of carboxylic acids is 1. The average molecular weight is 475 g/mol. The lowest BCUT2D eigenvalue weighted by Gasteiger charge is -2.30. The average Bonchev–Trinajstić information content (AvgIpc) is 2.77. The van der Waals surface area contributed by atoms with Crippen LogP contribution in [0.4, 0.5) is 5.69 Å². The molecule has 0 saturated heterocycles. The zero-order valence-electron chi connectivity index (χ0n) is 16.9. The van der Waals surface area contributed by atoms with Gasteiger partial charge in [-0.1, -0.05) is 23.2 Å². The third kappa shape index (κ3) is 4.47. The van der Waals surface area contributed by atoms with E-state index in [2.05, 4.69) is 15.3 Å². The van der Waals surface area contributed by atoms with Crippen LogP contribution in [0, 0.1) is 5.92 Å². The van der Waals surface area contributed by atoms with Gasteiger partial charge in [0.05, 0.1) is 21.1 Å². The highest BCUT2D eigenvalue weighted by Gasteiger charge is 2.27. The maximum Gasteiger partial charge on any atom is 0.303 e. The molecule has 166 valence electrons. The quantitative estimate of drug-likeness (QED) is 0.560. The molecule has 3 heterocycles. The Morgan fingerprint density at radius 3 is 2.50 bits per heavy atom. The van der Waals surface area contributed by atoms with E-state index < -0.39 is 17.3 Å². The van der Waals surface area contributed by atoms with Gasteiger partial charge in [0.2, 0.25) is 5.43 Å². The second kappa shape index (κ2) is 9.26.